The molecule has 0 aliphatic rings. The average molecular weight is 251 g/mol. The molecule has 1 atom stereocenters. The maximum absolute atomic E-state index is 11.0. The summed E-state index contributed by atoms with van der Waals surface area (Å²) in [5.74, 6) is -0.269. The largest absolute Gasteiger partial charge is 0.496 e. The zero-order valence-electron chi connectivity index (χ0n) is 11.4. The number of carboxylic acid groups (broad SMARTS) is 1. The number of carboxylic acids is 1. The molecule has 0 amide bonds. The van der Waals surface area contributed by atoms with Gasteiger partial charge in [-0.2, -0.15) is 0 Å². The van der Waals surface area contributed by atoms with Crippen LogP contribution in [0.4, 0.5) is 0 Å². The van der Waals surface area contributed by atoms with Crippen LogP contribution in [-0.2, 0) is 4.79 Å². The van der Waals surface area contributed by atoms with E-state index in [0.29, 0.717) is 0 Å². The summed E-state index contributed by atoms with van der Waals surface area (Å²) in [6.07, 6.45) is 0.0231. The summed E-state index contributed by atoms with van der Waals surface area (Å²) in [6.45, 7) is 5.63. The lowest BCUT2D eigenvalue weighted by Crippen LogP contribution is -2.40. The molecule has 0 heterocycles. The van der Waals surface area contributed by atoms with E-state index in [9.17, 15) is 4.79 Å². The number of hydrogen-bond donors (Lipinski definition) is 2. The first-order valence-corrected chi connectivity index (χ1v) is 5.91. The molecule has 18 heavy (non-hydrogen) atoms. The van der Waals surface area contributed by atoms with Gasteiger partial charge in [0.05, 0.1) is 13.5 Å². The Labute approximate surface area is 108 Å². The van der Waals surface area contributed by atoms with Gasteiger partial charge in [0.1, 0.15) is 5.75 Å². The number of aliphatic carboxylic acids is 1. The number of methoxy groups -OCH3 is 1. The van der Waals surface area contributed by atoms with Crippen LogP contribution in [0.5, 0.6) is 5.75 Å². The predicted octanol–water partition coefficient (Wildman–Crippen LogP) is 2.30. The van der Waals surface area contributed by atoms with Gasteiger partial charge in [-0.15, -0.1) is 0 Å². The van der Waals surface area contributed by atoms with Crippen LogP contribution in [0.1, 0.15) is 37.3 Å². The highest BCUT2D eigenvalue weighted by atomic mass is 16.5. The second kappa shape index (κ2) is 5.40. The smallest absolute Gasteiger partial charge is 0.304 e. The van der Waals surface area contributed by atoms with Gasteiger partial charge >= 0.3 is 5.97 Å². The molecular formula is C14H21NO3. The van der Waals surface area contributed by atoms with Crippen molar-refractivity contribution in [2.45, 2.75) is 38.6 Å². The Bertz CT molecular complexity index is 435. The van der Waals surface area contributed by atoms with Crippen molar-refractivity contribution in [3.05, 3.63) is 29.3 Å². The van der Waals surface area contributed by atoms with Gasteiger partial charge in [0.15, 0.2) is 0 Å². The zero-order valence-corrected chi connectivity index (χ0v) is 11.4. The van der Waals surface area contributed by atoms with Crippen molar-refractivity contribution in [1.29, 1.82) is 0 Å². The zero-order chi connectivity index (χ0) is 13.9. The molecule has 1 aromatic rings. The molecule has 1 aromatic carbocycles. The fourth-order valence-corrected chi connectivity index (χ4v) is 2.10. The van der Waals surface area contributed by atoms with Crippen molar-refractivity contribution in [2.75, 3.05) is 7.11 Å². The van der Waals surface area contributed by atoms with Crippen molar-refractivity contribution in [1.82, 2.24) is 0 Å². The minimum absolute atomic E-state index is 0.0231. The highest BCUT2D eigenvalue weighted by Crippen LogP contribution is 2.32. The Morgan fingerprint density at radius 3 is 2.50 bits per heavy atom. The van der Waals surface area contributed by atoms with E-state index in [-0.39, 0.29) is 12.3 Å². The van der Waals surface area contributed by atoms with Crippen molar-refractivity contribution in [2.24, 2.45) is 5.73 Å². The maximum Gasteiger partial charge on any atom is 0.304 e. The Morgan fingerprint density at radius 1 is 1.50 bits per heavy atom. The quantitative estimate of drug-likeness (QED) is 0.842. The van der Waals surface area contributed by atoms with Crippen LogP contribution < -0.4 is 10.5 Å². The van der Waals surface area contributed by atoms with Gasteiger partial charge in [-0.05, 0) is 38.0 Å². The van der Waals surface area contributed by atoms with Crippen LogP contribution in [-0.4, -0.2) is 23.7 Å². The molecule has 0 spiro atoms. The number of aryl methyl sites for hydroxylation is 1. The molecule has 0 radical (unpaired) electrons. The van der Waals surface area contributed by atoms with E-state index in [1.165, 1.54) is 0 Å². The normalized spacial score (nSPS) is 13.2. The summed E-state index contributed by atoms with van der Waals surface area (Å²) in [5.41, 5.74) is 7.42. The van der Waals surface area contributed by atoms with Crippen LogP contribution in [0, 0.1) is 6.92 Å². The molecule has 0 saturated carbocycles. The molecule has 3 N–H and O–H groups in total. The fourth-order valence-electron chi connectivity index (χ4n) is 2.10. The molecule has 1 rings (SSSR count). The fraction of sp³-hybridized carbons (Fsp3) is 0.500. The standard InChI is InChI=1S/C14H21NO3/c1-9-7-10(5-6-12(9)18-4)11(8-13(16)17)14(2,3)15/h5-7,11H,8,15H2,1-4H3,(H,16,17). The first-order valence-electron chi connectivity index (χ1n) is 5.91. The summed E-state index contributed by atoms with van der Waals surface area (Å²) in [4.78, 5) is 11.0. The van der Waals surface area contributed by atoms with E-state index in [0.717, 1.165) is 16.9 Å². The van der Waals surface area contributed by atoms with E-state index in [1.54, 1.807) is 7.11 Å². The molecule has 0 aliphatic heterocycles. The molecule has 0 aliphatic carbocycles. The lowest BCUT2D eigenvalue weighted by atomic mass is 9.80. The van der Waals surface area contributed by atoms with E-state index in [4.69, 9.17) is 15.6 Å². The van der Waals surface area contributed by atoms with Crippen molar-refractivity contribution < 1.29 is 14.6 Å². The van der Waals surface area contributed by atoms with Crippen molar-refractivity contribution >= 4 is 5.97 Å². The van der Waals surface area contributed by atoms with Crippen molar-refractivity contribution in [3.8, 4) is 5.75 Å². The summed E-state index contributed by atoms with van der Waals surface area (Å²) in [5, 5.41) is 9.00. The summed E-state index contributed by atoms with van der Waals surface area (Å²) < 4.78 is 5.20. The van der Waals surface area contributed by atoms with Gasteiger partial charge in [0, 0.05) is 11.5 Å². The third-order valence-corrected chi connectivity index (χ3v) is 3.10. The molecule has 4 nitrogen and oxygen atoms in total. The number of ether oxygens (including phenoxy) is 1. The summed E-state index contributed by atoms with van der Waals surface area (Å²) >= 11 is 0. The highest BCUT2D eigenvalue weighted by Gasteiger charge is 2.29. The first kappa shape index (κ1) is 14.5. The minimum Gasteiger partial charge on any atom is -0.496 e. The van der Waals surface area contributed by atoms with Gasteiger partial charge in [0.25, 0.3) is 0 Å². The number of benzene rings is 1. The highest BCUT2D eigenvalue weighted by molar-refractivity contribution is 5.68. The second-order valence-electron chi connectivity index (χ2n) is 5.20. The summed E-state index contributed by atoms with van der Waals surface area (Å²) in [7, 11) is 1.61. The molecule has 0 fully saturated rings. The second-order valence-corrected chi connectivity index (χ2v) is 5.20. The van der Waals surface area contributed by atoms with Gasteiger partial charge in [-0.3, -0.25) is 4.79 Å². The van der Waals surface area contributed by atoms with Gasteiger partial charge in [0.2, 0.25) is 0 Å². The van der Waals surface area contributed by atoms with Crippen LogP contribution in [0.25, 0.3) is 0 Å². The maximum atomic E-state index is 11.0. The van der Waals surface area contributed by atoms with Gasteiger partial charge in [-0.25, -0.2) is 0 Å². The van der Waals surface area contributed by atoms with Crippen LogP contribution >= 0.6 is 0 Å². The van der Waals surface area contributed by atoms with E-state index >= 15 is 0 Å². The van der Waals surface area contributed by atoms with E-state index in [1.807, 2.05) is 39.0 Å². The van der Waals surface area contributed by atoms with Crippen LogP contribution in [0.2, 0.25) is 0 Å². The molecule has 0 saturated heterocycles. The topological polar surface area (TPSA) is 72.5 Å². The Kier molecular flexibility index (Phi) is 4.35. The monoisotopic (exact) mass is 251 g/mol. The predicted molar refractivity (Wildman–Crippen MR) is 71.0 cm³/mol. The molecule has 4 heteroatoms. The number of hydrogen-bond acceptors (Lipinski definition) is 3. The Hall–Kier alpha value is -1.55. The average Bonchev–Trinajstić information content (AvgIpc) is 2.24. The Morgan fingerprint density at radius 2 is 2.11 bits per heavy atom. The number of nitrogens with two attached hydrogens (primary N) is 1. The van der Waals surface area contributed by atoms with Crippen molar-refractivity contribution in [3.63, 3.8) is 0 Å². The SMILES string of the molecule is COc1ccc(C(CC(=O)O)C(C)(C)N)cc1C. The molecule has 0 aromatic heterocycles. The van der Waals surface area contributed by atoms with Crippen LogP contribution in [0.15, 0.2) is 18.2 Å². The lowest BCUT2D eigenvalue weighted by molar-refractivity contribution is -0.137. The van der Waals surface area contributed by atoms with Gasteiger partial charge < -0.3 is 15.6 Å². The minimum atomic E-state index is -0.841. The third kappa shape index (κ3) is 3.47. The molecule has 0 bridgehead atoms. The summed E-state index contributed by atoms with van der Waals surface area (Å²) in [6, 6.07) is 5.68. The van der Waals surface area contributed by atoms with Crippen LogP contribution in [0.3, 0.4) is 0 Å². The molecule has 1 unspecified atom stereocenters. The molecule has 100 valence electrons. The lowest BCUT2D eigenvalue weighted by Gasteiger charge is -2.30. The number of rotatable bonds is 5. The number of carbonyl (C=O) groups is 1. The van der Waals surface area contributed by atoms with Gasteiger partial charge in [-0.1, -0.05) is 12.1 Å². The third-order valence-electron chi connectivity index (χ3n) is 3.10. The Balaban J connectivity index is 3.13. The molecular weight excluding hydrogens is 230 g/mol. The van der Waals surface area contributed by atoms with E-state index in [2.05, 4.69) is 0 Å². The first-order chi connectivity index (χ1) is 8.25. The van der Waals surface area contributed by atoms with E-state index < -0.39 is 11.5 Å².